The molecule has 0 aliphatic heterocycles. The Hall–Kier alpha value is -0.850. The third-order valence-corrected chi connectivity index (χ3v) is 3.59. The van der Waals surface area contributed by atoms with Gasteiger partial charge in [0.2, 0.25) is 0 Å². The third kappa shape index (κ3) is 4.49. The van der Waals surface area contributed by atoms with Gasteiger partial charge in [0.05, 0.1) is 10.8 Å². The van der Waals surface area contributed by atoms with Crippen LogP contribution in [0.3, 0.4) is 0 Å². The lowest BCUT2D eigenvalue weighted by Gasteiger charge is -2.18. The highest BCUT2D eigenvalue weighted by Gasteiger charge is 2.09. The maximum Gasteiger partial charge on any atom is 0.149 e. The fourth-order valence-corrected chi connectivity index (χ4v) is 2.04. The van der Waals surface area contributed by atoms with E-state index in [9.17, 15) is 8.42 Å². The standard InChI is InChI=1S/C10H16ClN3O2S/c1-14(3-4-17(2,15)16)10-5-8(6-12)9(11)7-13-10/h5,7H,3-4,6,12H2,1-2H3. The molecule has 0 saturated heterocycles. The van der Waals surface area contributed by atoms with Crippen molar-refractivity contribution in [3.8, 4) is 0 Å². The molecule has 0 atom stereocenters. The molecule has 1 rings (SSSR count). The van der Waals surface area contributed by atoms with Gasteiger partial charge in [0.1, 0.15) is 15.7 Å². The number of hydrogen-bond donors (Lipinski definition) is 1. The maximum atomic E-state index is 11.1. The molecule has 1 aromatic heterocycles. The van der Waals surface area contributed by atoms with E-state index in [1.54, 1.807) is 18.0 Å². The topological polar surface area (TPSA) is 76.3 Å². The number of anilines is 1. The first kappa shape index (κ1) is 14.2. The van der Waals surface area contributed by atoms with E-state index in [-0.39, 0.29) is 5.75 Å². The summed E-state index contributed by atoms with van der Waals surface area (Å²) in [5, 5.41) is 0.521. The minimum absolute atomic E-state index is 0.0891. The second kappa shape index (κ2) is 5.66. The lowest BCUT2D eigenvalue weighted by Crippen LogP contribution is -2.25. The van der Waals surface area contributed by atoms with E-state index in [2.05, 4.69) is 4.98 Å². The zero-order valence-corrected chi connectivity index (χ0v) is 11.4. The smallest absolute Gasteiger partial charge is 0.149 e. The van der Waals surface area contributed by atoms with Gasteiger partial charge in [0.15, 0.2) is 0 Å². The van der Waals surface area contributed by atoms with Crippen molar-refractivity contribution in [3.05, 3.63) is 22.8 Å². The van der Waals surface area contributed by atoms with E-state index in [0.29, 0.717) is 23.9 Å². The van der Waals surface area contributed by atoms with Gasteiger partial charge in [-0.05, 0) is 11.6 Å². The summed E-state index contributed by atoms with van der Waals surface area (Å²) in [5.41, 5.74) is 6.33. The van der Waals surface area contributed by atoms with Crippen LogP contribution in [0.1, 0.15) is 5.56 Å². The molecule has 0 saturated carbocycles. The van der Waals surface area contributed by atoms with E-state index in [1.165, 1.54) is 12.5 Å². The van der Waals surface area contributed by atoms with Gasteiger partial charge in [0, 0.05) is 32.6 Å². The van der Waals surface area contributed by atoms with Gasteiger partial charge in [0.25, 0.3) is 0 Å². The largest absolute Gasteiger partial charge is 0.359 e. The summed E-state index contributed by atoms with van der Waals surface area (Å²) < 4.78 is 22.1. The molecule has 1 heterocycles. The summed E-state index contributed by atoms with van der Waals surface area (Å²) in [6.07, 6.45) is 2.73. The Morgan fingerprint density at radius 1 is 1.53 bits per heavy atom. The molecular formula is C10H16ClN3O2S. The first-order valence-corrected chi connectivity index (χ1v) is 7.50. The fourth-order valence-electron chi connectivity index (χ4n) is 1.25. The van der Waals surface area contributed by atoms with E-state index in [0.717, 1.165) is 5.56 Å². The van der Waals surface area contributed by atoms with Crippen molar-refractivity contribution in [3.63, 3.8) is 0 Å². The normalized spacial score (nSPS) is 11.5. The Kier molecular flexibility index (Phi) is 4.73. The summed E-state index contributed by atoms with van der Waals surface area (Å²) in [5.74, 6) is 0.754. The molecule has 17 heavy (non-hydrogen) atoms. The van der Waals surface area contributed by atoms with Gasteiger partial charge < -0.3 is 10.6 Å². The highest BCUT2D eigenvalue weighted by Crippen LogP contribution is 2.19. The first-order chi connectivity index (χ1) is 7.83. The van der Waals surface area contributed by atoms with Gasteiger partial charge >= 0.3 is 0 Å². The van der Waals surface area contributed by atoms with Gasteiger partial charge in [-0.1, -0.05) is 11.6 Å². The van der Waals surface area contributed by atoms with Crippen molar-refractivity contribution in [1.29, 1.82) is 0 Å². The van der Waals surface area contributed by atoms with Crippen molar-refractivity contribution in [2.24, 2.45) is 5.73 Å². The van der Waals surface area contributed by atoms with E-state index >= 15 is 0 Å². The molecule has 96 valence electrons. The fraction of sp³-hybridized carbons (Fsp3) is 0.500. The van der Waals surface area contributed by atoms with Crippen LogP contribution in [-0.4, -0.2) is 39.0 Å². The molecule has 5 nitrogen and oxygen atoms in total. The van der Waals surface area contributed by atoms with Crippen molar-refractivity contribution in [2.75, 3.05) is 30.5 Å². The number of rotatable bonds is 5. The Morgan fingerprint density at radius 3 is 2.71 bits per heavy atom. The molecule has 0 aliphatic rings. The van der Waals surface area contributed by atoms with Crippen LogP contribution in [0.15, 0.2) is 12.3 Å². The Morgan fingerprint density at radius 2 is 2.18 bits per heavy atom. The quantitative estimate of drug-likeness (QED) is 0.856. The predicted octanol–water partition coefficient (Wildman–Crippen LogP) is 0.674. The van der Waals surface area contributed by atoms with Crippen molar-refractivity contribution in [2.45, 2.75) is 6.54 Å². The van der Waals surface area contributed by atoms with Crippen LogP contribution in [0.25, 0.3) is 0 Å². The minimum Gasteiger partial charge on any atom is -0.359 e. The number of halogens is 1. The van der Waals surface area contributed by atoms with E-state index in [1.807, 2.05) is 0 Å². The molecule has 0 bridgehead atoms. The number of nitrogens with zero attached hydrogens (tertiary/aromatic N) is 2. The van der Waals surface area contributed by atoms with Crippen LogP contribution < -0.4 is 10.6 Å². The second-order valence-electron chi connectivity index (χ2n) is 3.89. The molecule has 0 unspecified atom stereocenters. The average Bonchev–Trinajstić information content (AvgIpc) is 2.25. The van der Waals surface area contributed by atoms with Crippen LogP contribution in [0, 0.1) is 0 Å². The van der Waals surface area contributed by atoms with Gasteiger partial charge in [-0.25, -0.2) is 13.4 Å². The Labute approximate surface area is 107 Å². The molecule has 0 spiro atoms. The number of aromatic nitrogens is 1. The summed E-state index contributed by atoms with van der Waals surface area (Å²) in [7, 11) is -1.19. The molecule has 7 heteroatoms. The minimum atomic E-state index is -2.97. The number of sulfone groups is 1. The molecule has 0 radical (unpaired) electrons. The van der Waals surface area contributed by atoms with E-state index < -0.39 is 9.84 Å². The van der Waals surface area contributed by atoms with Crippen molar-refractivity contribution in [1.82, 2.24) is 4.98 Å². The molecule has 2 N–H and O–H groups in total. The monoisotopic (exact) mass is 277 g/mol. The van der Waals surface area contributed by atoms with E-state index in [4.69, 9.17) is 17.3 Å². The van der Waals surface area contributed by atoms with Gasteiger partial charge in [-0.15, -0.1) is 0 Å². The average molecular weight is 278 g/mol. The van der Waals surface area contributed by atoms with Crippen molar-refractivity contribution < 1.29 is 8.42 Å². The predicted molar refractivity (Wildman–Crippen MR) is 70.1 cm³/mol. The molecule has 0 fully saturated rings. The SMILES string of the molecule is CN(CCS(C)(=O)=O)c1cc(CN)c(Cl)cn1. The number of hydrogen-bond acceptors (Lipinski definition) is 5. The maximum absolute atomic E-state index is 11.1. The molecule has 0 aliphatic carbocycles. The van der Waals surface area contributed by atoms with Crippen molar-refractivity contribution >= 4 is 27.3 Å². The Balaban J connectivity index is 2.79. The molecule has 0 aromatic carbocycles. The van der Waals surface area contributed by atoms with Crippen LogP contribution in [0.5, 0.6) is 0 Å². The van der Waals surface area contributed by atoms with Crippen LogP contribution in [0.2, 0.25) is 5.02 Å². The molecular weight excluding hydrogens is 262 g/mol. The zero-order valence-electron chi connectivity index (χ0n) is 9.85. The van der Waals surface area contributed by atoms with Crippen LogP contribution >= 0.6 is 11.6 Å². The summed E-state index contributed by atoms with van der Waals surface area (Å²) in [6, 6.07) is 1.77. The van der Waals surface area contributed by atoms with Gasteiger partial charge in [-0.2, -0.15) is 0 Å². The van der Waals surface area contributed by atoms with Gasteiger partial charge in [-0.3, -0.25) is 0 Å². The summed E-state index contributed by atoms with van der Waals surface area (Å²) in [6.45, 7) is 0.714. The highest BCUT2D eigenvalue weighted by molar-refractivity contribution is 7.90. The lowest BCUT2D eigenvalue weighted by atomic mass is 10.2. The second-order valence-corrected chi connectivity index (χ2v) is 6.56. The third-order valence-electron chi connectivity index (χ3n) is 2.33. The number of pyridine rings is 1. The van der Waals surface area contributed by atoms with Crippen LogP contribution in [0.4, 0.5) is 5.82 Å². The van der Waals surface area contributed by atoms with Crippen LogP contribution in [-0.2, 0) is 16.4 Å². The summed E-state index contributed by atoms with van der Waals surface area (Å²) in [4.78, 5) is 5.89. The number of nitrogens with two attached hydrogens (primary N) is 1. The highest BCUT2D eigenvalue weighted by atomic mass is 35.5. The zero-order chi connectivity index (χ0) is 13.1. The molecule has 1 aromatic rings. The Bertz CT molecular complexity index is 490. The molecule has 0 amide bonds. The summed E-state index contributed by atoms with van der Waals surface area (Å²) >= 11 is 5.89. The first-order valence-electron chi connectivity index (χ1n) is 5.07. The lowest BCUT2D eigenvalue weighted by molar-refractivity contribution is 0.601.